The predicted octanol–water partition coefficient (Wildman–Crippen LogP) is 2.61. The van der Waals surface area contributed by atoms with Crippen LogP contribution in [0.15, 0.2) is 53.4 Å². The zero-order valence-electron chi connectivity index (χ0n) is 15.2. The van der Waals surface area contributed by atoms with Crippen LogP contribution >= 0.6 is 0 Å². The lowest BCUT2D eigenvalue weighted by Crippen LogP contribution is -2.42. The number of nitrogens with zero attached hydrogens (tertiary/aromatic N) is 1. The summed E-state index contributed by atoms with van der Waals surface area (Å²) >= 11 is 0. The molecule has 1 atom stereocenters. The SMILES string of the molecule is C[C@H](OC(=O)c1ccccc1S(C)(=O)=O)C(=O)N1CCCc2ccccc21. The Morgan fingerprint density at radius 2 is 1.74 bits per heavy atom. The fraction of sp³-hybridized carbons (Fsp3) is 0.300. The van der Waals surface area contributed by atoms with E-state index in [1.807, 2.05) is 24.3 Å². The molecule has 0 aromatic heterocycles. The second kappa shape index (κ2) is 7.52. The van der Waals surface area contributed by atoms with Crippen LogP contribution in [0, 0.1) is 0 Å². The number of fused-ring (bicyclic) bond motifs is 1. The maximum atomic E-state index is 12.8. The molecule has 0 fully saturated rings. The summed E-state index contributed by atoms with van der Waals surface area (Å²) in [7, 11) is -3.59. The average molecular weight is 387 g/mol. The van der Waals surface area contributed by atoms with Gasteiger partial charge in [0, 0.05) is 18.5 Å². The van der Waals surface area contributed by atoms with Crippen molar-refractivity contribution in [2.45, 2.75) is 30.8 Å². The molecule has 27 heavy (non-hydrogen) atoms. The van der Waals surface area contributed by atoms with Crippen LogP contribution in [0.25, 0.3) is 0 Å². The van der Waals surface area contributed by atoms with Crippen molar-refractivity contribution in [2.75, 3.05) is 17.7 Å². The number of para-hydroxylation sites is 1. The topological polar surface area (TPSA) is 80.8 Å². The van der Waals surface area contributed by atoms with Crippen LogP contribution in [0.2, 0.25) is 0 Å². The molecule has 6 nitrogen and oxygen atoms in total. The largest absolute Gasteiger partial charge is 0.449 e. The molecule has 1 aliphatic heterocycles. The van der Waals surface area contributed by atoms with Gasteiger partial charge in [0.15, 0.2) is 15.9 Å². The number of carbonyl (C=O) groups excluding carboxylic acids is 2. The van der Waals surface area contributed by atoms with Crippen LogP contribution in [0.4, 0.5) is 5.69 Å². The molecule has 0 N–H and O–H groups in total. The molecule has 0 bridgehead atoms. The number of benzene rings is 2. The predicted molar refractivity (Wildman–Crippen MR) is 102 cm³/mol. The van der Waals surface area contributed by atoms with Crippen molar-refractivity contribution in [3.63, 3.8) is 0 Å². The molecule has 1 aliphatic rings. The zero-order valence-corrected chi connectivity index (χ0v) is 16.0. The highest BCUT2D eigenvalue weighted by molar-refractivity contribution is 7.90. The fourth-order valence-electron chi connectivity index (χ4n) is 3.22. The quantitative estimate of drug-likeness (QED) is 0.754. The van der Waals surface area contributed by atoms with Crippen molar-refractivity contribution in [3.8, 4) is 0 Å². The minimum Gasteiger partial charge on any atom is -0.449 e. The van der Waals surface area contributed by atoms with Crippen molar-refractivity contribution < 1.29 is 22.7 Å². The van der Waals surface area contributed by atoms with Gasteiger partial charge in [0.2, 0.25) is 0 Å². The molecule has 0 aliphatic carbocycles. The van der Waals surface area contributed by atoms with Gasteiger partial charge in [-0.2, -0.15) is 0 Å². The van der Waals surface area contributed by atoms with Crippen molar-refractivity contribution in [1.82, 2.24) is 0 Å². The summed E-state index contributed by atoms with van der Waals surface area (Å²) in [5.41, 5.74) is 1.84. The molecule has 2 aromatic rings. The van der Waals surface area contributed by atoms with Gasteiger partial charge in [0.05, 0.1) is 10.5 Å². The van der Waals surface area contributed by atoms with Crippen molar-refractivity contribution >= 4 is 27.4 Å². The van der Waals surface area contributed by atoms with E-state index in [0.29, 0.717) is 6.54 Å². The number of anilines is 1. The molecule has 0 spiro atoms. The summed E-state index contributed by atoms with van der Waals surface area (Å²) in [6.07, 6.45) is 1.73. The number of ether oxygens (including phenoxy) is 1. The molecular formula is C20H21NO5S. The van der Waals surface area contributed by atoms with Gasteiger partial charge in [-0.05, 0) is 43.5 Å². The Kier molecular flexibility index (Phi) is 5.32. The summed E-state index contributed by atoms with van der Waals surface area (Å²) in [5, 5.41) is 0. The van der Waals surface area contributed by atoms with Gasteiger partial charge in [0.25, 0.3) is 5.91 Å². The highest BCUT2D eigenvalue weighted by Gasteiger charge is 2.29. The Morgan fingerprint density at radius 1 is 1.07 bits per heavy atom. The second-order valence-electron chi connectivity index (χ2n) is 6.54. The molecule has 0 radical (unpaired) electrons. The smallest absolute Gasteiger partial charge is 0.340 e. The lowest BCUT2D eigenvalue weighted by molar-refractivity contribution is -0.126. The van der Waals surface area contributed by atoms with E-state index in [9.17, 15) is 18.0 Å². The second-order valence-corrected chi connectivity index (χ2v) is 8.52. The number of rotatable bonds is 4. The molecule has 1 amide bonds. The first kappa shape index (κ1) is 19.1. The maximum Gasteiger partial charge on any atom is 0.340 e. The standard InChI is InChI=1S/C20H21NO5S/c1-14(19(22)21-13-7-9-15-8-3-5-11-17(15)21)26-20(23)16-10-4-6-12-18(16)27(2,24)25/h3-6,8,10-12,14H,7,9,13H2,1-2H3/t14-/m0/s1. The minimum atomic E-state index is -3.59. The molecule has 0 saturated heterocycles. The Morgan fingerprint density at radius 3 is 2.48 bits per heavy atom. The number of esters is 1. The van der Waals surface area contributed by atoms with Crippen molar-refractivity contribution in [3.05, 3.63) is 59.7 Å². The number of hydrogen-bond acceptors (Lipinski definition) is 5. The van der Waals surface area contributed by atoms with Gasteiger partial charge in [-0.15, -0.1) is 0 Å². The van der Waals surface area contributed by atoms with Gasteiger partial charge < -0.3 is 9.64 Å². The van der Waals surface area contributed by atoms with Gasteiger partial charge in [-0.3, -0.25) is 4.79 Å². The van der Waals surface area contributed by atoms with Crippen LogP contribution in [-0.4, -0.2) is 39.2 Å². The number of aryl methyl sites for hydroxylation is 1. The Hall–Kier alpha value is -2.67. The van der Waals surface area contributed by atoms with Crippen molar-refractivity contribution in [1.29, 1.82) is 0 Å². The summed E-state index contributed by atoms with van der Waals surface area (Å²) in [5.74, 6) is -1.16. The molecule has 2 aromatic carbocycles. The third-order valence-electron chi connectivity index (χ3n) is 4.51. The van der Waals surface area contributed by atoms with E-state index in [2.05, 4.69) is 0 Å². The van der Waals surface area contributed by atoms with Gasteiger partial charge in [-0.25, -0.2) is 13.2 Å². The minimum absolute atomic E-state index is 0.0707. The monoisotopic (exact) mass is 387 g/mol. The van der Waals surface area contributed by atoms with Crippen LogP contribution in [0.1, 0.15) is 29.3 Å². The van der Waals surface area contributed by atoms with E-state index in [-0.39, 0.29) is 16.4 Å². The van der Waals surface area contributed by atoms with E-state index >= 15 is 0 Å². The third-order valence-corrected chi connectivity index (χ3v) is 5.67. The lowest BCUT2D eigenvalue weighted by atomic mass is 10.0. The highest BCUT2D eigenvalue weighted by atomic mass is 32.2. The molecule has 142 valence electrons. The summed E-state index contributed by atoms with van der Waals surface area (Å²) in [6.45, 7) is 2.05. The van der Waals surface area contributed by atoms with E-state index in [4.69, 9.17) is 4.74 Å². The molecule has 7 heteroatoms. The first-order chi connectivity index (χ1) is 12.8. The molecule has 3 rings (SSSR count). The summed E-state index contributed by atoms with van der Waals surface area (Å²) in [6, 6.07) is 13.5. The number of carbonyl (C=O) groups is 2. The van der Waals surface area contributed by atoms with Gasteiger partial charge >= 0.3 is 5.97 Å². The van der Waals surface area contributed by atoms with E-state index in [1.54, 1.807) is 11.0 Å². The van der Waals surface area contributed by atoms with Crippen LogP contribution < -0.4 is 4.90 Å². The van der Waals surface area contributed by atoms with Gasteiger partial charge in [0.1, 0.15) is 0 Å². The van der Waals surface area contributed by atoms with Crippen LogP contribution in [0.3, 0.4) is 0 Å². The summed E-state index contributed by atoms with van der Waals surface area (Å²) < 4.78 is 29.1. The molecule has 0 saturated carbocycles. The zero-order chi connectivity index (χ0) is 19.6. The Bertz CT molecular complexity index is 983. The number of hydrogen-bond donors (Lipinski definition) is 0. The van der Waals surface area contributed by atoms with Crippen LogP contribution in [0.5, 0.6) is 0 Å². The lowest BCUT2D eigenvalue weighted by Gasteiger charge is -2.31. The third kappa shape index (κ3) is 4.03. The van der Waals surface area contributed by atoms with E-state index in [1.165, 1.54) is 25.1 Å². The highest BCUT2D eigenvalue weighted by Crippen LogP contribution is 2.27. The van der Waals surface area contributed by atoms with Crippen LogP contribution in [-0.2, 0) is 25.8 Å². The normalized spacial score (nSPS) is 15.0. The van der Waals surface area contributed by atoms with Crippen molar-refractivity contribution in [2.24, 2.45) is 0 Å². The molecule has 0 unspecified atom stereocenters. The number of amides is 1. The Balaban J connectivity index is 1.80. The first-order valence-electron chi connectivity index (χ1n) is 8.68. The molecular weight excluding hydrogens is 366 g/mol. The maximum absolute atomic E-state index is 12.8. The number of sulfone groups is 1. The average Bonchev–Trinajstić information content (AvgIpc) is 2.66. The van der Waals surface area contributed by atoms with Gasteiger partial charge in [-0.1, -0.05) is 30.3 Å². The first-order valence-corrected chi connectivity index (χ1v) is 10.6. The summed E-state index contributed by atoms with van der Waals surface area (Å²) in [4.78, 5) is 26.8. The van der Waals surface area contributed by atoms with E-state index < -0.39 is 21.9 Å². The fourth-order valence-corrected chi connectivity index (χ4v) is 4.09. The van der Waals surface area contributed by atoms with E-state index in [0.717, 1.165) is 30.3 Å². The Labute approximate surface area is 158 Å². The molecule has 1 heterocycles.